The van der Waals surface area contributed by atoms with E-state index in [4.69, 9.17) is 0 Å². The third kappa shape index (κ3) is 1.97. The van der Waals surface area contributed by atoms with Crippen LogP contribution in [0.5, 0.6) is 0 Å². The molecule has 1 aromatic rings. The molecule has 0 spiro atoms. The van der Waals surface area contributed by atoms with E-state index in [9.17, 15) is 0 Å². The molecular weight excluding hydrogens is 174 g/mol. The van der Waals surface area contributed by atoms with Gasteiger partial charge >= 0.3 is 0 Å². The van der Waals surface area contributed by atoms with Gasteiger partial charge in [0.1, 0.15) is 11.6 Å². The van der Waals surface area contributed by atoms with E-state index in [1.807, 2.05) is 7.05 Å². The predicted molar refractivity (Wildman–Crippen MR) is 58.4 cm³/mol. The van der Waals surface area contributed by atoms with Gasteiger partial charge in [-0.05, 0) is 0 Å². The summed E-state index contributed by atoms with van der Waals surface area (Å²) in [6.45, 7) is 12.9. The molecule has 1 heterocycles. The molecule has 14 heavy (non-hydrogen) atoms. The van der Waals surface area contributed by atoms with E-state index in [1.54, 1.807) is 0 Å². The van der Waals surface area contributed by atoms with Gasteiger partial charge in [-0.1, -0.05) is 41.5 Å². The van der Waals surface area contributed by atoms with Gasteiger partial charge in [0.2, 0.25) is 0 Å². The van der Waals surface area contributed by atoms with Gasteiger partial charge in [-0.15, -0.1) is 10.2 Å². The Morgan fingerprint density at radius 2 is 1.07 bits per heavy atom. The van der Waals surface area contributed by atoms with Crippen molar-refractivity contribution in [2.24, 2.45) is 7.05 Å². The Morgan fingerprint density at radius 1 is 0.786 bits per heavy atom. The Kier molecular flexibility index (Phi) is 2.46. The molecule has 0 amide bonds. The lowest BCUT2D eigenvalue weighted by molar-refractivity contribution is 0.486. The van der Waals surface area contributed by atoms with Gasteiger partial charge in [-0.3, -0.25) is 0 Å². The van der Waals surface area contributed by atoms with Crippen molar-refractivity contribution in [3.05, 3.63) is 11.6 Å². The second kappa shape index (κ2) is 3.07. The molecule has 0 bridgehead atoms. The first-order valence-electron chi connectivity index (χ1n) is 5.04. The number of rotatable bonds is 0. The van der Waals surface area contributed by atoms with Gasteiger partial charge < -0.3 is 4.57 Å². The molecule has 0 aliphatic carbocycles. The van der Waals surface area contributed by atoms with Crippen LogP contribution >= 0.6 is 0 Å². The van der Waals surface area contributed by atoms with Gasteiger partial charge in [0, 0.05) is 17.9 Å². The van der Waals surface area contributed by atoms with E-state index in [0.717, 1.165) is 11.6 Å². The Balaban J connectivity index is 3.23. The highest BCUT2D eigenvalue weighted by atomic mass is 15.3. The fourth-order valence-corrected chi connectivity index (χ4v) is 1.64. The first-order chi connectivity index (χ1) is 6.14. The lowest BCUT2D eigenvalue weighted by atomic mass is 9.93. The maximum Gasteiger partial charge on any atom is 0.138 e. The second-order valence-corrected chi connectivity index (χ2v) is 5.91. The molecule has 0 aliphatic rings. The summed E-state index contributed by atoms with van der Waals surface area (Å²) in [5.41, 5.74) is 0.122. The zero-order chi connectivity index (χ0) is 11.1. The molecule has 0 saturated carbocycles. The van der Waals surface area contributed by atoms with E-state index >= 15 is 0 Å². The Bertz CT molecular complexity index is 292. The first kappa shape index (κ1) is 11.2. The van der Waals surface area contributed by atoms with Gasteiger partial charge in [0.05, 0.1) is 0 Å². The molecule has 1 rings (SSSR count). The van der Waals surface area contributed by atoms with Crippen molar-refractivity contribution >= 4 is 0 Å². The number of nitrogens with zero attached hydrogens (tertiary/aromatic N) is 3. The lowest BCUT2D eigenvalue weighted by Crippen LogP contribution is -2.22. The molecule has 0 fully saturated rings. The SMILES string of the molecule is Cn1c(C(C)(C)C)nnc1C(C)(C)C. The van der Waals surface area contributed by atoms with Crippen LogP contribution in [-0.4, -0.2) is 14.8 Å². The highest BCUT2D eigenvalue weighted by molar-refractivity contribution is 5.10. The maximum absolute atomic E-state index is 4.27. The quantitative estimate of drug-likeness (QED) is 0.636. The van der Waals surface area contributed by atoms with Gasteiger partial charge in [0.15, 0.2) is 0 Å². The molecule has 0 aromatic carbocycles. The van der Waals surface area contributed by atoms with Crippen LogP contribution in [0.15, 0.2) is 0 Å². The molecule has 1 aromatic heterocycles. The van der Waals surface area contributed by atoms with Crippen LogP contribution in [0.4, 0.5) is 0 Å². The lowest BCUT2D eigenvalue weighted by Gasteiger charge is -2.21. The van der Waals surface area contributed by atoms with Crippen molar-refractivity contribution in [2.45, 2.75) is 52.4 Å². The topological polar surface area (TPSA) is 30.7 Å². The van der Waals surface area contributed by atoms with E-state index in [1.165, 1.54) is 0 Å². The smallest absolute Gasteiger partial charge is 0.138 e. The average molecular weight is 195 g/mol. The summed E-state index contributed by atoms with van der Waals surface area (Å²) in [6.07, 6.45) is 0. The fourth-order valence-electron chi connectivity index (χ4n) is 1.64. The molecule has 0 radical (unpaired) electrons. The summed E-state index contributed by atoms with van der Waals surface area (Å²) in [5, 5.41) is 8.53. The summed E-state index contributed by atoms with van der Waals surface area (Å²) >= 11 is 0. The highest BCUT2D eigenvalue weighted by Gasteiger charge is 2.27. The van der Waals surface area contributed by atoms with Gasteiger partial charge in [-0.25, -0.2) is 0 Å². The standard InChI is InChI=1S/C11H21N3/c1-10(2,3)8-12-13-9(14(8)7)11(4,5)6/h1-7H3. The van der Waals surface area contributed by atoms with Crippen molar-refractivity contribution in [1.29, 1.82) is 0 Å². The van der Waals surface area contributed by atoms with E-state index in [0.29, 0.717) is 0 Å². The summed E-state index contributed by atoms with van der Waals surface area (Å²) < 4.78 is 2.11. The molecule has 0 unspecified atom stereocenters. The summed E-state index contributed by atoms with van der Waals surface area (Å²) in [6, 6.07) is 0. The minimum absolute atomic E-state index is 0.0608. The van der Waals surface area contributed by atoms with E-state index in [-0.39, 0.29) is 10.8 Å². The average Bonchev–Trinajstić information content (AvgIpc) is 2.26. The summed E-state index contributed by atoms with van der Waals surface area (Å²) in [5.74, 6) is 2.09. The molecule has 3 heteroatoms. The van der Waals surface area contributed by atoms with Crippen LogP contribution in [0.25, 0.3) is 0 Å². The summed E-state index contributed by atoms with van der Waals surface area (Å²) in [7, 11) is 2.04. The molecule has 0 atom stereocenters. The molecular formula is C11H21N3. The highest BCUT2D eigenvalue weighted by Crippen LogP contribution is 2.25. The van der Waals surface area contributed by atoms with Crippen LogP contribution in [0, 0.1) is 0 Å². The number of hydrogen-bond donors (Lipinski definition) is 0. The largest absolute Gasteiger partial charge is 0.317 e. The second-order valence-electron chi connectivity index (χ2n) is 5.91. The minimum atomic E-state index is 0.0608. The van der Waals surface area contributed by atoms with Crippen molar-refractivity contribution in [3.63, 3.8) is 0 Å². The van der Waals surface area contributed by atoms with Gasteiger partial charge in [0.25, 0.3) is 0 Å². The molecule has 0 saturated heterocycles. The Labute approximate surface area is 86.5 Å². The number of aromatic nitrogens is 3. The Morgan fingerprint density at radius 3 is 1.21 bits per heavy atom. The maximum atomic E-state index is 4.27. The van der Waals surface area contributed by atoms with E-state index in [2.05, 4.69) is 56.3 Å². The third-order valence-electron chi connectivity index (χ3n) is 2.22. The van der Waals surface area contributed by atoms with Gasteiger partial charge in [-0.2, -0.15) is 0 Å². The number of hydrogen-bond acceptors (Lipinski definition) is 2. The van der Waals surface area contributed by atoms with E-state index < -0.39 is 0 Å². The van der Waals surface area contributed by atoms with Crippen LogP contribution < -0.4 is 0 Å². The van der Waals surface area contributed by atoms with Crippen LogP contribution in [0.1, 0.15) is 53.2 Å². The fraction of sp³-hybridized carbons (Fsp3) is 0.818. The molecule has 0 N–H and O–H groups in total. The zero-order valence-corrected chi connectivity index (χ0v) is 10.3. The normalized spacial score (nSPS) is 13.4. The summed E-state index contributed by atoms with van der Waals surface area (Å²) in [4.78, 5) is 0. The Hall–Kier alpha value is -0.860. The zero-order valence-electron chi connectivity index (χ0n) is 10.3. The molecule has 3 nitrogen and oxygen atoms in total. The van der Waals surface area contributed by atoms with Crippen LogP contribution in [0.2, 0.25) is 0 Å². The van der Waals surface area contributed by atoms with Crippen molar-refractivity contribution < 1.29 is 0 Å². The first-order valence-corrected chi connectivity index (χ1v) is 5.04. The van der Waals surface area contributed by atoms with Crippen molar-refractivity contribution in [3.8, 4) is 0 Å². The predicted octanol–water partition coefficient (Wildman–Crippen LogP) is 2.41. The molecule has 80 valence electrons. The third-order valence-corrected chi connectivity index (χ3v) is 2.22. The van der Waals surface area contributed by atoms with Crippen LogP contribution in [-0.2, 0) is 17.9 Å². The molecule has 0 aliphatic heterocycles. The van der Waals surface area contributed by atoms with Crippen LogP contribution in [0.3, 0.4) is 0 Å². The van der Waals surface area contributed by atoms with Crippen molar-refractivity contribution in [1.82, 2.24) is 14.8 Å². The minimum Gasteiger partial charge on any atom is -0.317 e. The monoisotopic (exact) mass is 195 g/mol. The van der Waals surface area contributed by atoms with Crippen molar-refractivity contribution in [2.75, 3.05) is 0 Å².